The first-order chi connectivity index (χ1) is 6.83. The number of aromatic nitrogens is 4. The van der Waals surface area contributed by atoms with Gasteiger partial charge in [0.1, 0.15) is 12.2 Å². The van der Waals surface area contributed by atoms with Crippen molar-refractivity contribution in [2.24, 2.45) is 0 Å². The minimum atomic E-state index is 0.556. The zero-order chi connectivity index (χ0) is 9.97. The summed E-state index contributed by atoms with van der Waals surface area (Å²) < 4.78 is 1.87. The van der Waals surface area contributed by atoms with Gasteiger partial charge in [-0.15, -0.1) is 0 Å². The molecular formula is C9H11N5. The van der Waals surface area contributed by atoms with Gasteiger partial charge in [-0.3, -0.25) is 4.57 Å². The van der Waals surface area contributed by atoms with Crippen LogP contribution in [0, 0.1) is 0 Å². The Labute approximate surface area is 81.6 Å². The van der Waals surface area contributed by atoms with Crippen LogP contribution in [0.3, 0.4) is 0 Å². The summed E-state index contributed by atoms with van der Waals surface area (Å²) >= 11 is 0. The lowest BCUT2D eigenvalue weighted by Crippen LogP contribution is -2.05. The Kier molecular flexibility index (Phi) is 2.14. The SMILES string of the molecule is CCc1nccn1-c1ncncc1N. The normalized spacial score (nSPS) is 10.4. The summed E-state index contributed by atoms with van der Waals surface area (Å²) in [5.41, 5.74) is 6.32. The number of hydrogen-bond donors (Lipinski definition) is 1. The van der Waals surface area contributed by atoms with Crippen LogP contribution in [-0.4, -0.2) is 19.5 Å². The predicted molar refractivity (Wildman–Crippen MR) is 52.9 cm³/mol. The fourth-order valence-electron chi connectivity index (χ4n) is 1.32. The second-order valence-electron chi connectivity index (χ2n) is 2.87. The fraction of sp³-hybridized carbons (Fsp3) is 0.222. The molecule has 0 aliphatic heterocycles. The standard InChI is InChI=1S/C9H11N5/c1-2-8-12-3-4-14(8)9-7(10)5-11-6-13-9/h3-6H,2,10H2,1H3. The molecule has 72 valence electrons. The molecule has 0 bridgehead atoms. The highest BCUT2D eigenvalue weighted by atomic mass is 15.1. The van der Waals surface area contributed by atoms with Crippen molar-refractivity contribution in [3.63, 3.8) is 0 Å². The third-order valence-corrected chi connectivity index (χ3v) is 1.98. The topological polar surface area (TPSA) is 69.6 Å². The van der Waals surface area contributed by atoms with E-state index < -0.39 is 0 Å². The van der Waals surface area contributed by atoms with Crippen LogP contribution in [-0.2, 0) is 6.42 Å². The van der Waals surface area contributed by atoms with E-state index in [4.69, 9.17) is 5.73 Å². The summed E-state index contributed by atoms with van der Waals surface area (Å²) in [4.78, 5) is 12.2. The Bertz CT molecular complexity index is 434. The van der Waals surface area contributed by atoms with Crippen molar-refractivity contribution in [2.45, 2.75) is 13.3 Å². The summed E-state index contributed by atoms with van der Waals surface area (Å²) in [6, 6.07) is 0. The quantitative estimate of drug-likeness (QED) is 0.758. The van der Waals surface area contributed by atoms with E-state index in [1.54, 1.807) is 12.4 Å². The largest absolute Gasteiger partial charge is 0.394 e. The fourth-order valence-corrected chi connectivity index (χ4v) is 1.32. The number of imidazole rings is 1. The Morgan fingerprint density at radius 3 is 3.00 bits per heavy atom. The number of nitrogens with two attached hydrogens (primary N) is 1. The van der Waals surface area contributed by atoms with Crippen molar-refractivity contribution in [3.8, 4) is 5.82 Å². The van der Waals surface area contributed by atoms with E-state index in [1.807, 2.05) is 17.7 Å². The van der Waals surface area contributed by atoms with Crippen LogP contribution in [0.1, 0.15) is 12.7 Å². The van der Waals surface area contributed by atoms with Crippen molar-refractivity contribution in [1.29, 1.82) is 0 Å². The second kappa shape index (κ2) is 3.45. The molecule has 2 N–H and O–H groups in total. The molecule has 0 aromatic carbocycles. The maximum absolute atomic E-state index is 5.76. The van der Waals surface area contributed by atoms with Gasteiger partial charge in [0.2, 0.25) is 0 Å². The molecule has 2 heterocycles. The average molecular weight is 189 g/mol. The maximum atomic E-state index is 5.76. The molecule has 0 amide bonds. The predicted octanol–water partition coefficient (Wildman–Crippen LogP) is 0.807. The van der Waals surface area contributed by atoms with Crippen LogP contribution in [0.4, 0.5) is 5.69 Å². The van der Waals surface area contributed by atoms with Crippen LogP contribution in [0.5, 0.6) is 0 Å². The van der Waals surface area contributed by atoms with Crippen LogP contribution >= 0.6 is 0 Å². The van der Waals surface area contributed by atoms with Crippen LogP contribution in [0.15, 0.2) is 24.9 Å². The van der Waals surface area contributed by atoms with Crippen molar-refractivity contribution >= 4 is 5.69 Å². The molecular weight excluding hydrogens is 178 g/mol. The molecule has 2 aromatic heterocycles. The molecule has 0 atom stereocenters. The van der Waals surface area contributed by atoms with E-state index in [-0.39, 0.29) is 0 Å². The van der Waals surface area contributed by atoms with Gasteiger partial charge in [0, 0.05) is 18.8 Å². The van der Waals surface area contributed by atoms with Gasteiger partial charge in [0.05, 0.1) is 11.9 Å². The molecule has 2 aromatic rings. The highest BCUT2D eigenvalue weighted by Gasteiger charge is 2.06. The van der Waals surface area contributed by atoms with Crippen molar-refractivity contribution < 1.29 is 0 Å². The molecule has 5 nitrogen and oxygen atoms in total. The van der Waals surface area contributed by atoms with Gasteiger partial charge >= 0.3 is 0 Å². The molecule has 0 aliphatic rings. The molecule has 0 aliphatic carbocycles. The van der Waals surface area contributed by atoms with Gasteiger partial charge < -0.3 is 5.73 Å². The number of anilines is 1. The number of nitrogens with zero attached hydrogens (tertiary/aromatic N) is 4. The van der Waals surface area contributed by atoms with E-state index in [0.29, 0.717) is 11.5 Å². The summed E-state index contributed by atoms with van der Waals surface area (Å²) in [7, 11) is 0. The first kappa shape index (κ1) is 8.68. The summed E-state index contributed by atoms with van der Waals surface area (Å²) in [6.07, 6.45) is 7.49. The molecule has 0 radical (unpaired) electrons. The monoisotopic (exact) mass is 189 g/mol. The van der Waals surface area contributed by atoms with Gasteiger partial charge in [0.15, 0.2) is 5.82 Å². The van der Waals surface area contributed by atoms with Gasteiger partial charge in [-0.05, 0) is 0 Å². The van der Waals surface area contributed by atoms with Gasteiger partial charge in [0.25, 0.3) is 0 Å². The number of rotatable bonds is 2. The van der Waals surface area contributed by atoms with Crippen molar-refractivity contribution in [3.05, 3.63) is 30.7 Å². The molecule has 0 fully saturated rings. The zero-order valence-corrected chi connectivity index (χ0v) is 7.88. The molecule has 0 saturated carbocycles. The highest BCUT2D eigenvalue weighted by Crippen LogP contribution is 2.13. The molecule has 14 heavy (non-hydrogen) atoms. The highest BCUT2D eigenvalue weighted by molar-refractivity contribution is 5.51. The molecule has 5 heteroatoms. The van der Waals surface area contributed by atoms with E-state index in [2.05, 4.69) is 15.0 Å². The number of aryl methyl sites for hydroxylation is 1. The van der Waals surface area contributed by atoms with E-state index >= 15 is 0 Å². The summed E-state index contributed by atoms with van der Waals surface area (Å²) in [5, 5.41) is 0. The van der Waals surface area contributed by atoms with E-state index in [1.165, 1.54) is 6.33 Å². The molecule has 0 saturated heterocycles. The van der Waals surface area contributed by atoms with Gasteiger partial charge in [-0.1, -0.05) is 6.92 Å². The number of nitrogen functional groups attached to an aromatic ring is 1. The maximum Gasteiger partial charge on any atom is 0.164 e. The molecule has 2 rings (SSSR count). The van der Waals surface area contributed by atoms with Crippen molar-refractivity contribution in [1.82, 2.24) is 19.5 Å². The Morgan fingerprint density at radius 2 is 2.29 bits per heavy atom. The lowest BCUT2D eigenvalue weighted by atomic mass is 10.4. The minimum absolute atomic E-state index is 0.556. The minimum Gasteiger partial charge on any atom is -0.394 e. The molecule has 0 unspecified atom stereocenters. The first-order valence-electron chi connectivity index (χ1n) is 4.41. The summed E-state index contributed by atoms with van der Waals surface area (Å²) in [5.74, 6) is 1.63. The number of hydrogen-bond acceptors (Lipinski definition) is 4. The lowest BCUT2D eigenvalue weighted by Gasteiger charge is -2.06. The summed E-state index contributed by atoms with van der Waals surface area (Å²) in [6.45, 7) is 2.04. The Morgan fingerprint density at radius 1 is 1.43 bits per heavy atom. The second-order valence-corrected chi connectivity index (χ2v) is 2.87. The van der Waals surface area contributed by atoms with Crippen LogP contribution in [0.25, 0.3) is 5.82 Å². The first-order valence-corrected chi connectivity index (χ1v) is 4.41. The van der Waals surface area contributed by atoms with E-state index in [0.717, 1.165) is 12.2 Å². The van der Waals surface area contributed by atoms with E-state index in [9.17, 15) is 0 Å². The molecule has 0 spiro atoms. The zero-order valence-electron chi connectivity index (χ0n) is 7.88. The van der Waals surface area contributed by atoms with Gasteiger partial charge in [-0.2, -0.15) is 0 Å². The van der Waals surface area contributed by atoms with Crippen LogP contribution < -0.4 is 5.73 Å². The van der Waals surface area contributed by atoms with Crippen LogP contribution in [0.2, 0.25) is 0 Å². The Hall–Kier alpha value is -1.91. The third-order valence-electron chi connectivity index (χ3n) is 1.98. The lowest BCUT2D eigenvalue weighted by molar-refractivity contribution is 0.864. The van der Waals surface area contributed by atoms with Gasteiger partial charge in [-0.25, -0.2) is 15.0 Å². The third kappa shape index (κ3) is 1.32. The van der Waals surface area contributed by atoms with Crippen molar-refractivity contribution in [2.75, 3.05) is 5.73 Å². The Balaban J connectivity index is 2.54. The smallest absolute Gasteiger partial charge is 0.164 e. The average Bonchev–Trinajstić information content (AvgIpc) is 2.66.